The van der Waals surface area contributed by atoms with Crippen molar-refractivity contribution < 1.29 is 23.6 Å². The maximum absolute atomic E-state index is 12.3. The second-order valence-electron chi connectivity index (χ2n) is 9.78. The number of ether oxygens (including phenoxy) is 1. The molecule has 1 fully saturated rings. The van der Waals surface area contributed by atoms with Crippen LogP contribution in [0.15, 0.2) is 24.3 Å². The normalized spacial score (nSPS) is 22.2. The summed E-state index contributed by atoms with van der Waals surface area (Å²) in [5.74, 6) is -1.09. The summed E-state index contributed by atoms with van der Waals surface area (Å²) in [7, 11) is -0.538. The van der Waals surface area contributed by atoms with Crippen LogP contribution in [0.4, 0.5) is 0 Å². The van der Waals surface area contributed by atoms with Crippen LogP contribution < -0.4 is 11.2 Å². The van der Waals surface area contributed by atoms with Crippen molar-refractivity contribution in [3.05, 3.63) is 35.4 Å². The molecule has 6 nitrogen and oxygen atoms in total. The van der Waals surface area contributed by atoms with Crippen molar-refractivity contribution in [1.29, 1.82) is 0 Å². The number of hydrogen-bond acceptors (Lipinski definition) is 5. The Hall–Kier alpha value is -2.12. The number of nitrogens with two attached hydrogens (primary N) is 1. The molecule has 0 bridgehead atoms. The van der Waals surface area contributed by atoms with Crippen molar-refractivity contribution in [1.82, 2.24) is 0 Å². The minimum atomic E-state index is -0.560. The molecule has 1 unspecified atom stereocenters. The molecule has 0 saturated carbocycles. The van der Waals surface area contributed by atoms with Crippen LogP contribution in [0, 0.1) is 0 Å². The number of amides is 1. The van der Waals surface area contributed by atoms with Crippen LogP contribution in [0.3, 0.4) is 0 Å². The zero-order valence-corrected chi connectivity index (χ0v) is 18.3. The highest BCUT2D eigenvalue weighted by molar-refractivity contribution is 6.62. The molecule has 7 heteroatoms. The third-order valence-electron chi connectivity index (χ3n) is 5.73. The number of fused-ring (bicyclic) bond motifs is 1. The van der Waals surface area contributed by atoms with Crippen LogP contribution in [0.1, 0.15) is 71.9 Å². The fourth-order valence-corrected chi connectivity index (χ4v) is 3.58. The van der Waals surface area contributed by atoms with E-state index in [2.05, 4.69) is 0 Å². The smallest absolute Gasteiger partial charge is 0.460 e. The van der Waals surface area contributed by atoms with Crippen molar-refractivity contribution in [2.75, 3.05) is 0 Å². The molecule has 1 aromatic carbocycles. The van der Waals surface area contributed by atoms with E-state index >= 15 is 0 Å². The van der Waals surface area contributed by atoms with Crippen molar-refractivity contribution in [2.45, 2.75) is 77.6 Å². The lowest BCUT2D eigenvalue weighted by Gasteiger charge is -2.32. The number of esters is 1. The maximum atomic E-state index is 12.3. The number of carbonyl (C=O) groups is 2. The van der Waals surface area contributed by atoms with E-state index in [1.54, 1.807) is 6.08 Å². The average molecular weight is 399 g/mol. The first-order chi connectivity index (χ1) is 13.2. The molecule has 1 aliphatic heterocycles. The lowest BCUT2D eigenvalue weighted by atomic mass is 9.77. The summed E-state index contributed by atoms with van der Waals surface area (Å²) in [5, 5.41) is 0. The Morgan fingerprint density at radius 1 is 1.14 bits per heavy atom. The average Bonchev–Trinajstić information content (AvgIpc) is 3.00. The van der Waals surface area contributed by atoms with Gasteiger partial charge in [-0.2, -0.15) is 0 Å². The largest absolute Gasteiger partial charge is 0.494 e. The molecule has 1 aromatic rings. The second-order valence-corrected chi connectivity index (χ2v) is 9.78. The van der Waals surface area contributed by atoms with Gasteiger partial charge in [0.1, 0.15) is 5.60 Å². The number of benzene rings is 1. The van der Waals surface area contributed by atoms with Crippen LogP contribution in [-0.4, -0.2) is 35.8 Å². The van der Waals surface area contributed by atoms with Crippen molar-refractivity contribution >= 4 is 30.0 Å². The zero-order valence-electron chi connectivity index (χ0n) is 18.3. The molecule has 1 heterocycles. The molecule has 1 amide bonds. The zero-order chi connectivity index (χ0) is 21.8. The van der Waals surface area contributed by atoms with Crippen LogP contribution in [0.5, 0.6) is 0 Å². The van der Waals surface area contributed by atoms with Gasteiger partial charge in [0.05, 0.1) is 17.6 Å². The minimum absolute atomic E-state index is 0.150. The monoisotopic (exact) mass is 399 g/mol. The van der Waals surface area contributed by atoms with Crippen LogP contribution in [0.2, 0.25) is 0 Å². The van der Waals surface area contributed by atoms with Gasteiger partial charge in [0, 0.05) is 11.5 Å². The highest BCUT2D eigenvalue weighted by Gasteiger charge is 2.52. The van der Waals surface area contributed by atoms with Crippen molar-refractivity contribution in [3.8, 4) is 0 Å². The Morgan fingerprint density at radius 2 is 1.72 bits per heavy atom. The number of hydrogen-bond donors (Lipinski definition) is 1. The third-order valence-corrected chi connectivity index (χ3v) is 5.73. The molecule has 156 valence electrons. The molecular weight excluding hydrogens is 369 g/mol. The van der Waals surface area contributed by atoms with Crippen LogP contribution in [0.25, 0.3) is 5.57 Å². The first-order valence-corrected chi connectivity index (χ1v) is 9.93. The summed E-state index contributed by atoms with van der Waals surface area (Å²) in [4.78, 5) is 24.4. The predicted molar refractivity (Wildman–Crippen MR) is 113 cm³/mol. The summed E-state index contributed by atoms with van der Waals surface area (Å²) in [5.41, 5.74) is 6.95. The van der Waals surface area contributed by atoms with Crippen molar-refractivity contribution in [2.24, 2.45) is 5.73 Å². The Labute approximate surface area is 172 Å². The lowest BCUT2D eigenvalue weighted by molar-refractivity contribution is -0.155. The van der Waals surface area contributed by atoms with Gasteiger partial charge in [-0.3, -0.25) is 9.59 Å². The molecule has 2 N–H and O–H groups in total. The predicted octanol–water partition coefficient (Wildman–Crippen LogP) is 2.68. The van der Waals surface area contributed by atoms with Gasteiger partial charge in [-0.1, -0.05) is 24.3 Å². The second kappa shape index (κ2) is 6.99. The Kier molecular flexibility index (Phi) is 5.20. The van der Waals surface area contributed by atoms with Gasteiger partial charge >= 0.3 is 13.1 Å². The van der Waals surface area contributed by atoms with E-state index < -0.39 is 29.8 Å². The summed E-state index contributed by atoms with van der Waals surface area (Å²) in [6.45, 7) is 13.5. The van der Waals surface area contributed by atoms with Gasteiger partial charge in [0.25, 0.3) is 0 Å². The van der Waals surface area contributed by atoms with Gasteiger partial charge in [0.2, 0.25) is 5.91 Å². The fraction of sp³-hybridized carbons (Fsp3) is 0.545. The van der Waals surface area contributed by atoms with E-state index in [1.165, 1.54) is 0 Å². The first kappa shape index (κ1) is 21.6. The van der Waals surface area contributed by atoms with Gasteiger partial charge in [-0.05, 0) is 65.1 Å². The number of allylic oxidation sites excluding steroid dienone is 1. The summed E-state index contributed by atoms with van der Waals surface area (Å²) in [6.07, 6.45) is 1.90. The summed E-state index contributed by atoms with van der Waals surface area (Å²) in [6, 6.07) is 5.71. The molecule has 29 heavy (non-hydrogen) atoms. The standard InChI is InChI=1S/C22H30BNO5/c1-20(2,3)27-18(25)11-13-10-17(19(24)26)16-12-14(8-9-15(13)16)23-28-21(4,5)22(6,7)29-23/h8-10,12-13H,11H2,1-7H3,(H2,24,26). The first-order valence-electron chi connectivity index (χ1n) is 9.93. The van der Waals surface area contributed by atoms with Gasteiger partial charge in [-0.15, -0.1) is 0 Å². The molecule has 0 spiro atoms. The van der Waals surface area contributed by atoms with E-state index in [0.29, 0.717) is 5.57 Å². The van der Waals surface area contributed by atoms with Crippen molar-refractivity contribution in [3.63, 3.8) is 0 Å². The van der Waals surface area contributed by atoms with E-state index in [-0.39, 0.29) is 18.3 Å². The van der Waals surface area contributed by atoms with Gasteiger partial charge in [0.15, 0.2) is 0 Å². The number of rotatable bonds is 4. The quantitative estimate of drug-likeness (QED) is 0.621. The number of carbonyl (C=O) groups excluding carboxylic acids is 2. The maximum Gasteiger partial charge on any atom is 0.494 e. The van der Waals surface area contributed by atoms with Gasteiger partial charge < -0.3 is 19.8 Å². The summed E-state index contributed by atoms with van der Waals surface area (Å²) < 4.78 is 17.7. The third kappa shape index (κ3) is 4.26. The molecular formula is C22H30BNO5. The van der Waals surface area contributed by atoms with Gasteiger partial charge in [-0.25, -0.2) is 0 Å². The number of primary amides is 1. The van der Waals surface area contributed by atoms with E-state index in [1.807, 2.05) is 66.7 Å². The Morgan fingerprint density at radius 3 is 2.24 bits per heavy atom. The SMILES string of the molecule is CC(C)(C)OC(=O)CC1C=C(C(N)=O)c2cc(B3OC(C)(C)C(C)(C)O3)ccc21. The molecule has 1 aliphatic carbocycles. The molecule has 3 rings (SSSR count). The molecule has 2 aliphatic rings. The van der Waals surface area contributed by atoms with E-state index in [0.717, 1.165) is 16.6 Å². The molecule has 0 radical (unpaired) electrons. The highest BCUT2D eigenvalue weighted by Crippen LogP contribution is 2.40. The van der Waals surface area contributed by atoms with Crippen LogP contribution in [-0.2, 0) is 23.6 Å². The fourth-order valence-electron chi connectivity index (χ4n) is 3.58. The minimum Gasteiger partial charge on any atom is -0.460 e. The topological polar surface area (TPSA) is 87.9 Å². The van der Waals surface area contributed by atoms with Crippen LogP contribution >= 0.6 is 0 Å². The molecule has 1 atom stereocenters. The molecule has 0 aromatic heterocycles. The highest BCUT2D eigenvalue weighted by atomic mass is 16.7. The van der Waals surface area contributed by atoms with E-state index in [4.69, 9.17) is 19.8 Å². The van der Waals surface area contributed by atoms with E-state index in [9.17, 15) is 9.59 Å². The Balaban J connectivity index is 1.89. The lowest BCUT2D eigenvalue weighted by Crippen LogP contribution is -2.41. The Bertz CT molecular complexity index is 866. The molecule has 1 saturated heterocycles. The summed E-state index contributed by atoms with van der Waals surface area (Å²) >= 11 is 0.